The zero-order valence-corrected chi connectivity index (χ0v) is 12.5. The van der Waals surface area contributed by atoms with Crippen molar-refractivity contribution in [3.05, 3.63) is 32.9 Å². The van der Waals surface area contributed by atoms with Crippen molar-refractivity contribution in [2.75, 3.05) is 0 Å². The normalized spacial score (nSPS) is 20.7. The predicted octanol–water partition coefficient (Wildman–Crippen LogP) is 3.29. The second-order valence-electron chi connectivity index (χ2n) is 4.59. The van der Waals surface area contributed by atoms with Gasteiger partial charge in [-0.25, -0.2) is 9.67 Å². The fraction of sp³-hybridized carbons (Fsp3) is 0.500. The molecule has 1 N–H and O–H groups in total. The molecule has 1 aliphatic rings. The fourth-order valence-corrected chi connectivity index (χ4v) is 3.85. The number of aromatic nitrogens is 3. The minimum absolute atomic E-state index is 0.317. The highest BCUT2D eigenvalue weighted by Crippen LogP contribution is 2.29. The van der Waals surface area contributed by atoms with Crippen molar-refractivity contribution in [2.24, 2.45) is 0 Å². The van der Waals surface area contributed by atoms with Gasteiger partial charge in [0.15, 0.2) is 0 Å². The van der Waals surface area contributed by atoms with Gasteiger partial charge in [-0.1, -0.05) is 0 Å². The number of nitrogens with one attached hydrogen (secondary N) is 1. The van der Waals surface area contributed by atoms with Crippen LogP contribution in [0.4, 0.5) is 0 Å². The molecule has 96 valence electrons. The van der Waals surface area contributed by atoms with Crippen LogP contribution in [0.3, 0.4) is 0 Å². The van der Waals surface area contributed by atoms with Crippen LogP contribution in [-0.4, -0.2) is 14.8 Å². The minimum Gasteiger partial charge on any atom is -0.300 e. The van der Waals surface area contributed by atoms with E-state index < -0.39 is 0 Å². The molecule has 0 fully saturated rings. The van der Waals surface area contributed by atoms with Gasteiger partial charge in [0, 0.05) is 27.3 Å². The smallest absolute Gasteiger partial charge is 0.143 e. The number of aryl methyl sites for hydroxylation is 1. The maximum absolute atomic E-state index is 4.37. The van der Waals surface area contributed by atoms with Crippen molar-refractivity contribution in [1.29, 1.82) is 0 Å². The molecule has 2 atom stereocenters. The first-order valence-corrected chi connectivity index (χ1v) is 7.79. The quantitative estimate of drug-likeness (QED) is 0.941. The molecule has 2 aromatic heterocycles. The molecule has 4 nitrogen and oxygen atoms in total. The summed E-state index contributed by atoms with van der Waals surface area (Å²) in [4.78, 5) is 5.72. The van der Waals surface area contributed by atoms with Gasteiger partial charge in [0.25, 0.3) is 0 Å². The number of halogens is 1. The molecular weight excluding hydrogens is 312 g/mol. The largest absolute Gasteiger partial charge is 0.300 e. The summed E-state index contributed by atoms with van der Waals surface area (Å²) in [6, 6.07) is 2.84. The molecule has 0 amide bonds. The monoisotopic (exact) mass is 326 g/mol. The van der Waals surface area contributed by atoms with E-state index in [1.54, 1.807) is 17.7 Å². The Bertz CT molecular complexity index is 536. The fourth-order valence-electron chi connectivity index (χ4n) is 2.39. The molecule has 0 bridgehead atoms. The first kappa shape index (κ1) is 12.3. The Kier molecular flexibility index (Phi) is 3.50. The van der Waals surface area contributed by atoms with Crippen LogP contribution >= 0.6 is 27.3 Å². The molecule has 18 heavy (non-hydrogen) atoms. The number of nitrogens with zero attached hydrogens (tertiary/aromatic N) is 3. The lowest BCUT2D eigenvalue weighted by molar-refractivity contribution is 0.345. The van der Waals surface area contributed by atoms with Gasteiger partial charge in [-0.15, -0.1) is 11.3 Å². The van der Waals surface area contributed by atoms with Crippen LogP contribution in [0.25, 0.3) is 0 Å². The van der Waals surface area contributed by atoms with Crippen molar-refractivity contribution in [1.82, 2.24) is 20.1 Å². The van der Waals surface area contributed by atoms with E-state index in [-0.39, 0.29) is 0 Å². The van der Waals surface area contributed by atoms with Gasteiger partial charge < -0.3 is 0 Å². The van der Waals surface area contributed by atoms with Gasteiger partial charge in [-0.3, -0.25) is 5.32 Å². The van der Waals surface area contributed by atoms with E-state index in [1.165, 1.54) is 4.88 Å². The van der Waals surface area contributed by atoms with E-state index in [4.69, 9.17) is 0 Å². The third-order valence-corrected chi connectivity index (χ3v) is 5.16. The van der Waals surface area contributed by atoms with E-state index in [9.17, 15) is 0 Å². The summed E-state index contributed by atoms with van der Waals surface area (Å²) < 4.78 is 3.17. The SMILES string of the molecule is C[C@H](N[C@H]1CCCn2ncnc21)c1cc(Br)cs1. The zero-order chi connectivity index (χ0) is 12.5. The van der Waals surface area contributed by atoms with E-state index in [0.717, 1.165) is 29.7 Å². The number of rotatable bonds is 3. The standard InChI is InChI=1S/C12H15BrN4S/c1-8(11-5-9(13)6-18-11)16-10-3-2-4-17-12(10)14-7-15-17/h5-8,10,16H,2-4H2,1H3/t8-,10-/m0/s1. The van der Waals surface area contributed by atoms with E-state index >= 15 is 0 Å². The highest BCUT2D eigenvalue weighted by molar-refractivity contribution is 9.10. The topological polar surface area (TPSA) is 42.7 Å². The molecule has 0 aliphatic carbocycles. The first-order chi connectivity index (χ1) is 8.74. The van der Waals surface area contributed by atoms with Gasteiger partial charge in [0.05, 0.1) is 6.04 Å². The van der Waals surface area contributed by atoms with Crippen LogP contribution in [0.5, 0.6) is 0 Å². The van der Waals surface area contributed by atoms with E-state index in [2.05, 4.69) is 49.7 Å². The second kappa shape index (κ2) is 5.11. The number of thiophene rings is 1. The third-order valence-electron chi connectivity index (χ3n) is 3.29. The summed E-state index contributed by atoms with van der Waals surface area (Å²) in [6.07, 6.45) is 3.95. The number of hydrogen-bond donors (Lipinski definition) is 1. The Labute approximate surface area is 119 Å². The summed E-state index contributed by atoms with van der Waals surface area (Å²) in [5.41, 5.74) is 0. The highest BCUT2D eigenvalue weighted by atomic mass is 79.9. The molecule has 0 saturated heterocycles. The molecule has 6 heteroatoms. The lowest BCUT2D eigenvalue weighted by Gasteiger charge is -2.26. The Balaban J connectivity index is 1.74. The molecule has 3 heterocycles. The molecule has 0 spiro atoms. The summed E-state index contributed by atoms with van der Waals surface area (Å²) in [7, 11) is 0. The van der Waals surface area contributed by atoms with Gasteiger partial charge in [0.2, 0.25) is 0 Å². The Hall–Kier alpha value is -0.720. The van der Waals surface area contributed by atoms with E-state index in [0.29, 0.717) is 12.1 Å². The Morgan fingerprint density at radius 3 is 3.28 bits per heavy atom. The zero-order valence-electron chi connectivity index (χ0n) is 10.1. The molecule has 0 radical (unpaired) electrons. The molecular formula is C12H15BrN4S. The van der Waals surface area contributed by atoms with Crippen molar-refractivity contribution in [3.8, 4) is 0 Å². The third kappa shape index (κ3) is 2.37. The molecule has 1 aliphatic heterocycles. The van der Waals surface area contributed by atoms with Crippen LogP contribution in [0.1, 0.15) is 42.6 Å². The molecule has 0 aromatic carbocycles. The van der Waals surface area contributed by atoms with Gasteiger partial charge in [-0.2, -0.15) is 5.10 Å². The van der Waals surface area contributed by atoms with Gasteiger partial charge >= 0.3 is 0 Å². The summed E-state index contributed by atoms with van der Waals surface area (Å²) in [5.74, 6) is 1.07. The maximum atomic E-state index is 4.37. The second-order valence-corrected chi connectivity index (χ2v) is 6.45. The predicted molar refractivity (Wildman–Crippen MR) is 75.6 cm³/mol. The van der Waals surface area contributed by atoms with Gasteiger partial charge in [-0.05, 0) is 41.8 Å². The first-order valence-electron chi connectivity index (χ1n) is 6.11. The van der Waals surface area contributed by atoms with Crippen LogP contribution in [0, 0.1) is 0 Å². The molecule has 0 saturated carbocycles. The van der Waals surface area contributed by atoms with Crippen molar-refractivity contribution in [3.63, 3.8) is 0 Å². The van der Waals surface area contributed by atoms with E-state index in [1.807, 2.05) is 4.68 Å². The Morgan fingerprint density at radius 2 is 2.50 bits per heavy atom. The number of fused-ring (bicyclic) bond motifs is 1. The molecule has 0 unspecified atom stereocenters. The van der Waals surface area contributed by atoms with Crippen molar-refractivity contribution < 1.29 is 0 Å². The average Bonchev–Trinajstić information content (AvgIpc) is 2.97. The Morgan fingerprint density at radius 1 is 1.61 bits per heavy atom. The maximum Gasteiger partial charge on any atom is 0.143 e. The number of hydrogen-bond acceptors (Lipinski definition) is 4. The lowest BCUT2D eigenvalue weighted by Crippen LogP contribution is -2.30. The van der Waals surface area contributed by atoms with Crippen LogP contribution in [-0.2, 0) is 6.54 Å². The summed E-state index contributed by atoms with van der Waals surface area (Å²) >= 11 is 5.28. The molecule has 3 rings (SSSR count). The van der Waals surface area contributed by atoms with Crippen molar-refractivity contribution >= 4 is 27.3 Å². The van der Waals surface area contributed by atoms with Gasteiger partial charge in [0.1, 0.15) is 12.2 Å². The highest BCUT2D eigenvalue weighted by Gasteiger charge is 2.24. The molecule has 2 aromatic rings. The summed E-state index contributed by atoms with van der Waals surface area (Å²) in [6.45, 7) is 3.19. The van der Waals surface area contributed by atoms with Crippen LogP contribution in [0.2, 0.25) is 0 Å². The summed E-state index contributed by atoms with van der Waals surface area (Å²) in [5, 5.41) is 10.0. The lowest BCUT2D eigenvalue weighted by atomic mass is 10.1. The van der Waals surface area contributed by atoms with Crippen LogP contribution < -0.4 is 5.32 Å². The average molecular weight is 327 g/mol. The van der Waals surface area contributed by atoms with Crippen LogP contribution in [0.15, 0.2) is 22.2 Å². The van der Waals surface area contributed by atoms with Crippen molar-refractivity contribution in [2.45, 2.75) is 38.4 Å². The minimum atomic E-state index is 0.317.